The van der Waals surface area contributed by atoms with Crippen LogP contribution in [0.1, 0.15) is 11.1 Å². The maximum Gasteiger partial charge on any atom is 0.350 e. The molecule has 2 aromatic heterocycles. The number of nitrogens with two attached hydrogens (primary N) is 1. The Bertz CT molecular complexity index is 821. The molecule has 0 amide bonds. The van der Waals surface area contributed by atoms with Gasteiger partial charge in [-0.05, 0) is 35.4 Å². The number of pyridine rings is 1. The summed E-state index contributed by atoms with van der Waals surface area (Å²) in [5, 5.41) is 4.22. The van der Waals surface area contributed by atoms with Crippen molar-refractivity contribution >= 4 is 5.65 Å². The molecule has 5 nitrogen and oxygen atoms in total. The minimum Gasteiger partial charge on any atom is -0.326 e. The van der Waals surface area contributed by atoms with E-state index in [4.69, 9.17) is 5.73 Å². The third kappa shape index (κ3) is 2.10. The maximum absolute atomic E-state index is 13.3. The maximum atomic E-state index is 13.3. The lowest BCUT2D eigenvalue weighted by atomic mass is 10.1. The van der Waals surface area contributed by atoms with Gasteiger partial charge in [-0.3, -0.25) is 4.40 Å². The predicted octanol–water partition coefficient (Wildman–Crippen LogP) is 1.14. The van der Waals surface area contributed by atoms with Gasteiger partial charge in [-0.1, -0.05) is 12.1 Å². The Morgan fingerprint density at radius 3 is 2.80 bits per heavy atom. The molecule has 0 fully saturated rings. The Balaban J connectivity index is 2.07. The van der Waals surface area contributed by atoms with Crippen LogP contribution < -0.4 is 11.4 Å². The second kappa shape index (κ2) is 4.90. The van der Waals surface area contributed by atoms with E-state index in [0.29, 0.717) is 11.2 Å². The van der Waals surface area contributed by atoms with E-state index in [0.717, 1.165) is 5.56 Å². The van der Waals surface area contributed by atoms with Crippen molar-refractivity contribution in [2.75, 3.05) is 0 Å². The third-order valence-corrected chi connectivity index (χ3v) is 3.20. The lowest BCUT2D eigenvalue weighted by Crippen LogP contribution is -2.22. The molecular formula is C14H13FN4O. The highest BCUT2D eigenvalue weighted by molar-refractivity contribution is 5.36. The molecule has 0 unspecified atom stereocenters. The van der Waals surface area contributed by atoms with Gasteiger partial charge in [0.25, 0.3) is 0 Å². The van der Waals surface area contributed by atoms with Crippen LogP contribution in [0.5, 0.6) is 0 Å². The van der Waals surface area contributed by atoms with Crippen LogP contribution in [0.25, 0.3) is 5.65 Å². The van der Waals surface area contributed by atoms with E-state index in [2.05, 4.69) is 5.10 Å². The molecule has 0 aliphatic rings. The monoisotopic (exact) mass is 272 g/mol. The van der Waals surface area contributed by atoms with Crippen LogP contribution in [-0.4, -0.2) is 14.2 Å². The van der Waals surface area contributed by atoms with Gasteiger partial charge in [-0.15, -0.1) is 5.10 Å². The molecule has 0 radical (unpaired) electrons. The molecule has 20 heavy (non-hydrogen) atoms. The SMILES string of the molecule is NCc1ccc(F)cc1Cn1nc2ccccn2c1=O. The predicted molar refractivity (Wildman–Crippen MR) is 72.8 cm³/mol. The number of aromatic nitrogens is 3. The molecule has 6 heteroatoms. The zero-order valence-electron chi connectivity index (χ0n) is 10.7. The number of halogens is 1. The fourth-order valence-electron chi connectivity index (χ4n) is 2.17. The number of rotatable bonds is 3. The fraction of sp³-hybridized carbons (Fsp3) is 0.143. The summed E-state index contributed by atoms with van der Waals surface area (Å²) >= 11 is 0. The topological polar surface area (TPSA) is 65.3 Å². The summed E-state index contributed by atoms with van der Waals surface area (Å²) in [5.74, 6) is -0.353. The Morgan fingerprint density at radius 1 is 1.20 bits per heavy atom. The van der Waals surface area contributed by atoms with E-state index < -0.39 is 0 Å². The quantitative estimate of drug-likeness (QED) is 0.777. The van der Waals surface area contributed by atoms with Gasteiger partial charge in [0.15, 0.2) is 5.65 Å². The zero-order valence-corrected chi connectivity index (χ0v) is 10.7. The van der Waals surface area contributed by atoms with E-state index in [9.17, 15) is 9.18 Å². The highest BCUT2D eigenvalue weighted by Crippen LogP contribution is 2.12. The first kappa shape index (κ1) is 12.6. The van der Waals surface area contributed by atoms with Gasteiger partial charge in [0.2, 0.25) is 0 Å². The molecule has 1 aromatic carbocycles. The zero-order chi connectivity index (χ0) is 14.1. The van der Waals surface area contributed by atoms with Gasteiger partial charge in [0.05, 0.1) is 6.54 Å². The van der Waals surface area contributed by atoms with Crippen LogP contribution in [0.4, 0.5) is 4.39 Å². The Morgan fingerprint density at radius 2 is 2.05 bits per heavy atom. The van der Waals surface area contributed by atoms with Crippen LogP contribution in [0.3, 0.4) is 0 Å². The summed E-state index contributed by atoms with van der Waals surface area (Å²) < 4.78 is 16.1. The van der Waals surface area contributed by atoms with Crippen molar-refractivity contribution < 1.29 is 4.39 Å². The Kier molecular flexibility index (Phi) is 3.08. The molecule has 102 valence electrons. The molecule has 0 bridgehead atoms. The Labute approximate surface area is 114 Å². The van der Waals surface area contributed by atoms with Crippen LogP contribution in [0.15, 0.2) is 47.4 Å². The fourth-order valence-corrected chi connectivity index (χ4v) is 2.17. The van der Waals surface area contributed by atoms with Crippen molar-refractivity contribution in [3.05, 3.63) is 70.0 Å². The van der Waals surface area contributed by atoms with Crippen molar-refractivity contribution in [3.8, 4) is 0 Å². The van der Waals surface area contributed by atoms with Gasteiger partial charge in [0, 0.05) is 12.7 Å². The number of benzene rings is 1. The van der Waals surface area contributed by atoms with E-state index >= 15 is 0 Å². The summed E-state index contributed by atoms with van der Waals surface area (Å²) in [7, 11) is 0. The van der Waals surface area contributed by atoms with E-state index in [1.807, 2.05) is 0 Å². The van der Waals surface area contributed by atoms with E-state index in [1.54, 1.807) is 30.5 Å². The average molecular weight is 272 g/mol. The molecule has 2 N–H and O–H groups in total. The number of hydrogen-bond acceptors (Lipinski definition) is 3. The average Bonchev–Trinajstić information content (AvgIpc) is 2.76. The summed E-state index contributed by atoms with van der Waals surface area (Å²) in [4.78, 5) is 12.2. The summed E-state index contributed by atoms with van der Waals surface area (Å²) in [6, 6.07) is 9.68. The molecule has 0 atom stereocenters. The molecule has 3 rings (SSSR count). The third-order valence-electron chi connectivity index (χ3n) is 3.20. The van der Waals surface area contributed by atoms with Crippen molar-refractivity contribution in [1.29, 1.82) is 0 Å². The first-order chi connectivity index (χ1) is 9.69. The highest BCUT2D eigenvalue weighted by Gasteiger charge is 2.09. The van der Waals surface area contributed by atoms with Crippen LogP contribution in [0.2, 0.25) is 0 Å². The second-order valence-electron chi connectivity index (χ2n) is 4.49. The smallest absolute Gasteiger partial charge is 0.326 e. The molecule has 3 aromatic rings. The minimum atomic E-state index is -0.353. The van der Waals surface area contributed by atoms with E-state index in [1.165, 1.54) is 21.2 Å². The van der Waals surface area contributed by atoms with Crippen molar-refractivity contribution in [3.63, 3.8) is 0 Å². The lowest BCUT2D eigenvalue weighted by molar-refractivity contribution is 0.612. The van der Waals surface area contributed by atoms with Crippen molar-refractivity contribution in [1.82, 2.24) is 14.2 Å². The summed E-state index contributed by atoms with van der Waals surface area (Å²) in [5.41, 5.74) is 7.40. The van der Waals surface area contributed by atoms with Gasteiger partial charge in [0.1, 0.15) is 5.82 Å². The Hall–Kier alpha value is -2.47. The standard InChI is InChI=1S/C14H13FN4O/c15-12-5-4-10(8-16)11(7-12)9-19-14(20)18-6-2-1-3-13(18)17-19/h1-7H,8-9,16H2. The molecule has 2 heterocycles. The minimum absolute atomic E-state index is 0.199. The van der Waals surface area contributed by atoms with Gasteiger partial charge in [-0.2, -0.15) is 0 Å². The normalized spacial score (nSPS) is 11.1. The van der Waals surface area contributed by atoms with E-state index in [-0.39, 0.29) is 24.6 Å². The summed E-state index contributed by atoms with van der Waals surface area (Å²) in [6.45, 7) is 0.489. The van der Waals surface area contributed by atoms with Crippen molar-refractivity contribution in [2.45, 2.75) is 13.1 Å². The molecule has 0 aliphatic heterocycles. The molecule has 0 spiro atoms. The van der Waals surface area contributed by atoms with Gasteiger partial charge < -0.3 is 5.73 Å². The lowest BCUT2D eigenvalue weighted by Gasteiger charge is -2.07. The van der Waals surface area contributed by atoms with Crippen LogP contribution in [0, 0.1) is 5.82 Å². The van der Waals surface area contributed by atoms with Gasteiger partial charge >= 0.3 is 5.69 Å². The summed E-state index contributed by atoms with van der Waals surface area (Å²) in [6.07, 6.45) is 1.65. The highest BCUT2D eigenvalue weighted by atomic mass is 19.1. The van der Waals surface area contributed by atoms with Crippen LogP contribution in [-0.2, 0) is 13.1 Å². The van der Waals surface area contributed by atoms with Crippen LogP contribution >= 0.6 is 0 Å². The second-order valence-corrected chi connectivity index (χ2v) is 4.49. The number of hydrogen-bond donors (Lipinski definition) is 1. The first-order valence-corrected chi connectivity index (χ1v) is 6.20. The first-order valence-electron chi connectivity index (χ1n) is 6.20. The largest absolute Gasteiger partial charge is 0.350 e. The molecule has 0 saturated heterocycles. The molecular weight excluding hydrogens is 259 g/mol. The molecule has 0 saturated carbocycles. The number of fused-ring (bicyclic) bond motifs is 1. The van der Waals surface area contributed by atoms with Crippen molar-refractivity contribution in [2.24, 2.45) is 5.73 Å². The number of nitrogens with zero attached hydrogens (tertiary/aromatic N) is 3. The van der Waals surface area contributed by atoms with Gasteiger partial charge in [-0.25, -0.2) is 13.9 Å². The molecule has 0 aliphatic carbocycles.